The fraction of sp³-hybridized carbons (Fsp3) is 0.455. The van der Waals surface area contributed by atoms with Crippen molar-refractivity contribution in [3.63, 3.8) is 0 Å². The van der Waals surface area contributed by atoms with E-state index in [0.717, 1.165) is 6.54 Å². The second-order valence-corrected chi connectivity index (χ2v) is 4.13. The molecule has 1 amide bonds. The Balaban J connectivity index is 1.82. The highest BCUT2D eigenvalue weighted by atomic mass is 16.4. The normalized spacial score (nSPS) is 14.8. The van der Waals surface area contributed by atoms with Gasteiger partial charge in [0.25, 0.3) is 0 Å². The Morgan fingerprint density at radius 1 is 1.50 bits per heavy atom. The maximum absolute atomic E-state index is 11.4. The molecule has 1 fully saturated rings. The molecule has 0 radical (unpaired) electrons. The van der Waals surface area contributed by atoms with Crippen molar-refractivity contribution in [2.24, 2.45) is 5.92 Å². The van der Waals surface area contributed by atoms with Crippen LogP contribution in [0.5, 0.6) is 0 Å². The van der Waals surface area contributed by atoms with E-state index in [1.807, 2.05) is 0 Å². The van der Waals surface area contributed by atoms with Gasteiger partial charge in [0.1, 0.15) is 6.54 Å². The second kappa shape index (κ2) is 4.38. The van der Waals surface area contributed by atoms with Gasteiger partial charge in [-0.25, -0.2) is 4.79 Å². The highest BCUT2D eigenvalue weighted by Gasteiger charge is 2.21. The first-order valence-electron chi connectivity index (χ1n) is 5.31. The molecule has 16 heavy (non-hydrogen) atoms. The summed E-state index contributed by atoms with van der Waals surface area (Å²) in [6.07, 6.45) is 5.46. The van der Waals surface area contributed by atoms with Gasteiger partial charge in [0, 0.05) is 18.9 Å². The summed E-state index contributed by atoms with van der Waals surface area (Å²) in [4.78, 5) is 22.1. The molecule has 5 heteroatoms. The molecule has 0 atom stereocenters. The Bertz CT molecular complexity index is 407. The number of carbonyl (C=O) groups is 2. The molecule has 2 N–H and O–H groups in total. The summed E-state index contributed by atoms with van der Waals surface area (Å²) >= 11 is 0. The van der Waals surface area contributed by atoms with Crippen molar-refractivity contribution in [2.45, 2.75) is 19.4 Å². The Kier molecular flexibility index (Phi) is 2.94. The maximum atomic E-state index is 11.4. The number of carboxylic acid groups (broad SMARTS) is 1. The lowest BCUT2D eigenvalue weighted by Crippen LogP contribution is -2.28. The minimum absolute atomic E-state index is 0.0700. The van der Waals surface area contributed by atoms with Gasteiger partial charge in [-0.2, -0.15) is 0 Å². The summed E-state index contributed by atoms with van der Waals surface area (Å²) in [6, 6.07) is 1.48. The molecule has 1 saturated carbocycles. The summed E-state index contributed by atoms with van der Waals surface area (Å²) < 4.78 is 1.58. The number of aromatic nitrogens is 1. The molecule has 0 aromatic carbocycles. The molecule has 2 rings (SSSR count). The first-order chi connectivity index (χ1) is 7.65. The minimum atomic E-state index is -0.975. The number of nitrogens with zero attached hydrogens (tertiary/aromatic N) is 1. The average Bonchev–Trinajstić information content (AvgIpc) is 2.95. The lowest BCUT2D eigenvalue weighted by molar-refractivity contribution is -0.121. The van der Waals surface area contributed by atoms with Gasteiger partial charge in [-0.15, -0.1) is 0 Å². The van der Waals surface area contributed by atoms with Crippen molar-refractivity contribution in [3.8, 4) is 0 Å². The van der Waals surface area contributed by atoms with Gasteiger partial charge in [-0.3, -0.25) is 4.79 Å². The quantitative estimate of drug-likeness (QED) is 0.770. The van der Waals surface area contributed by atoms with Crippen LogP contribution in [-0.2, 0) is 11.3 Å². The standard InChI is InChI=1S/C11H14N2O3/c14-10(12-5-8-1-2-8)7-13-4-3-9(6-13)11(15)16/h3-4,6,8H,1-2,5,7H2,(H,12,14)(H,15,16). The Morgan fingerprint density at radius 2 is 2.25 bits per heavy atom. The van der Waals surface area contributed by atoms with Crippen LogP contribution in [-0.4, -0.2) is 28.1 Å². The number of carboxylic acids is 1. The summed E-state index contributed by atoms with van der Waals surface area (Å²) in [7, 11) is 0. The first-order valence-corrected chi connectivity index (χ1v) is 5.31. The number of rotatable bonds is 5. The van der Waals surface area contributed by atoms with E-state index < -0.39 is 5.97 Å². The van der Waals surface area contributed by atoms with E-state index in [0.29, 0.717) is 5.92 Å². The third-order valence-corrected chi connectivity index (χ3v) is 2.61. The van der Waals surface area contributed by atoms with Crippen LogP contribution < -0.4 is 5.32 Å². The molecule has 1 aliphatic rings. The van der Waals surface area contributed by atoms with E-state index in [2.05, 4.69) is 5.32 Å². The summed E-state index contributed by atoms with van der Waals surface area (Å²) in [5.41, 5.74) is 0.204. The summed E-state index contributed by atoms with van der Waals surface area (Å²) in [5, 5.41) is 11.5. The Labute approximate surface area is 93.1 Å². The SMILES string of the molecule is O=C(Cn1ccc(C(=O)O)c1)NCC1CC1. The average molecular weight is 222 g/mol. The molecule has 1 aliphatic carbocycles. The van der Waals surface area contributed by atoms with Crippen LogP contribution in [0.2, 0.25) is 0 Å². The Morgan fingerprint density at radius 3 is 2.81 bits per heavy atom. The molecule has 0 bridgehead atoms. The predicted molar refractivity (Wildman–Crippen MR) is 57.1 cm³/mol. The smallest absolute Gasteiger partial charge is 0.337 e. The zero-order valence-corrected chi connectivity index (χ0v) is 8.85. The molecule has 0 aliphatic heterocycles. The largest absolute Gasteiger partial charge is 0.478 e. The fourth-order valence-electron chi connectivity index (χ4n) is 1.47. The van der Waals surface area contributed by atoms with Gasteiger partial charge in [0.15, 0.2) is 0 Å². The van der Waals surface area contributed by atoms with E-state index in [4.69, 9.17) is 5.11 Å². The van der Waals surface area contributed by atoms with Crippen molar-refractivity contribution in [1.29, 1.82) is 0 Å². The molecule has 0 saturated heterocycles. The number of amides is 1. The third kappa shape index (κ3) is 2.85. The lowest BCUT2D eigenvalue weighted by atomic mass is 10.4. The van der Waals surface area contributed by atoms with Crippen LogP contribution in [0, 0.1) is 5.92 Å². The van der Waals surface area contributed by atoms with Gasteiger partial charge in [0.05, 0.1) is 5.56 Å². The van der Waals surface area contributed by atoms with Gasteiger partial charge in [0.2, 0.25) is 5.91 Å². The Hall–Kier alpha value is -1.78. The lowest BCUT2D eigenvalue weighted by Gasteiger charge is -2.04. The third-order valence-electron chi connectivity index (χ3n) is 2.61. The first kappa shape index (κ1) is 10.7. The number of hydrogen-bond acceptors (Lipinski definition) is 2. The van der Waals surface area contributed by atoms with E-state index in [1.54, 1.807) is 10.8 Å². The molecule has 1 heterocycles. The van der Waals surface area contributed by atoms with Crippen molar-refractivity contribution < 1.29 is 14.7 Å². The van der Waals surface area contributed by atoms with Crippen molar-refractivity contribution >= 4 is 11.9 Å². The second-order valence-electron chi connectivity index (χ2n) is 4.13. The zero-order chi connectivity index (χ0) is 11.5. The van der Waals surface area contributed by atoms with Gasteiger partial charge >= 0.3 is 5.97 Å². The number of nitrogens with one attached hydrogen (secondary N) is 1. The zero-order valence-electron chi connectivity index (χ0n) is 8.85. The van der Waals surface area contributed by atoms with E-state index in [-0.39, 0.29) is 18.0 Å². The van der Waals surface area contributed by atoms with Crippen molar-refractivity contribution in [2.75, 3.05) is 6.54 Å². The predicted octanol–water partition coefficient (Wildman–Crippen LogP) is 0.712. The summed E-state index contributed by atoms with van der Waals surface area (Å²) in [6.45, 7) is 0.923. The minimum Gasteiger partial charge on any atom is -0.478 e. The number of hydrogen-bond donors (Lipinski definition) is 2. The van der Waals surface area contributed by atoms with Crippen LogP contribution in [0.4, 0.5) is 0 Å². The van der Waals surface area contributed by atoms with Crippen LogP contribution in [0.1, 0.15) is 23.2 Å². The monoisotopic (exact) mass is 222 g/mol. The molecule has 0 spiro atoms. The molecular formula is C11H14N2O3. The van der Waals surface area contributed by atoms with Crippen LogP contribution >= 0.6 is 0 Å². The van der Waals surface area contributed by atoms with E-state index in [1.165, 1.54) is 25.1 Å². The van der Waals surface area contributed by atoms with Gasteiger partial charge < -0.3 is 15.0 Å². The highest BCUT2D eigenvalue weighted by Crippen LogP contribution is 2.27. The maximum Gasteiger partial charge on any atom is 0.337 e. The van der Waals surface area contributed by atoms with E-state index in [9.17, 15) is 9.59 Å². The highest BCUT2D eigenvalue weighted by molar-refractivity contribution is 5.87. The fourth-order valence-corrected chi connectivity index (χ4v) is 1.47. The van der Waals surface area contributed by atoms with Crippen LogP contribution in [0.25, 0.3) is 0 Å². The molecular weight excluding hydrogens is 208 g/mol. The molecule has 1 aromatic rings. The van der Waals surface area contributed by atoms with Crippen LogP contribution in [0.15, 0.2) is 18.5 Å². The summed E-state index contributed by atoms with van der Waals surface area (Å²) in [5.74, 6) is -0.389. The van der Waals surface area contributed by atoms with E-state index >= 15 is 0 Å². The van der Waals surface area contributed by atoms with Crippen LogP contribution in [0.3, 0.4) is 0 Å². The molecule has 86 valence electrons. The van der Waals surface area contributed by atoms with Gasteiger partial charge in [-0.05, 0) is 24.8 Å². The van der Waals surface area contributed by atoms with Crippen molar-refractivity contribution in [3.05, 3.63) is 24.0 Å². The molecule has 5 nitrogen and oxygen atoms in total. The topological polar surface area (TPSA) is 71.3 Å². The number of aromatic carboxylic acids is 1. The molecule has 1 aromatic heterocycles. The number of carbonyl (C=O) groups excluding carboxylic acids is 1. The van der Waals surface area contributed by atoms with Gasteiger partial charge in [-0.1, -0.05) is 0 Å². The van der Waals surface area contributed by atoms with Crippen molar-refractivity contribution in [1.82, 2.24) is 9.88 Å². The molecule has 0 unspecified atom stereocenters.